The van der Waals surface area contributed by atoms with Crippen molar-refractivity contribution in [2.24, 2.45) is 0 Å². The molecule has 4 nitrogen and oxygen atoms in total. The van der Waals surface area contributed by atoms with Gasteiger partial charge in [0.05, 0.1) is 0 Å². The maximum atomic E-state index is 12.9. The molecule has 0 aliphatic carbocycles. The van der Waals surface area contributed by atoms with E-state index in [0.29, 0.717) is 24.5 Å². The van der Waals surface area contributed by atoms with E-state index < -0.39 is 0 Å². The second kappa shape index (κ2) is 8.90. The van der Waals surface area contributed by atoms with Crippen molar-refractivity contribution in [2.45, 2.75) is 19.4 Å². The van der Waals surface area contributed by atoms with Crippen LogP contribution >= 0.6 is 0 Å². The molecule has 2 aromatic rings. The Kier molecular flexibility index (Phi) is 6.56. The lowest BCUT2D eigenvalue weighted by molar-refractivity contribution is -0.116. The average Bonchev–Trinajstić information content (AvgIpc) is 2.55. The van der Waals surface area contributed by atoms with Gasteiger partial charge >= 0.3 is 0 Å². The molecule has 0 aliphatic rings. The quantitative estimate of drug-likeness (QED) is 0.734. The van der Waals surface area contributed by atoms with Crippen molar-refractivity contribution >= 4 is 11.6 Å². The summed E-state index contributed by atoms with van der Waals surface area (Å²) in [7, 11) is 1.86. The third kappa shape index (κ3) is 6.08. The average molecular weight is 316 g/mol. The number of hydrogen-bond donors (Lipinski definition) is 2. The molecular formula is C18H21FN2O2. The number of ether oxygens (including phenoxy) is 1. The number of carbonyl (C=O) groups is 1. The molecule has 0 fully saturated rings. The van der Waals surface area contributed by atoms with Gasteiger partial charge in [0.1, 0.15) is 18.2 Å². The molecular weight excluding hydrogens is 295 g/mol. The Balaban J connectivity index is 1.86. The van der Waals surface area contributed by atoms with Gasteiger partial charge in [0.2, 0.25) is 5.91 Å². The first-order valence-electron chi connectivity index (χ1n) is 7.59. The van der Waals surface area contributed by atoms with E-state index in [1.165, 1.54) is 12.1 Å². The molecule has 2 rings (SSSR count). The summed E-state index contributed by atoms with van der Waals surface area (Å²) in [5.74, 6) is 0.370. The summed E-state index contributed by atoms with van der Waals surface area (Å²) in [6.07, 6.45) is 1.27. The summed E-state index contributed by atoms with van der Waals surface area (Å²) < 4.78 is 18.5. The molecule has 122 valence electrons. The second-order valence-electron chi connectivity index (χ2n) is 5.20. The molecule has 0 aliphatic heterocycles. The van der Waals surface area contributed by atoms with Crippen LogP contribution in [0.3, 0.4) is 0 Å². The van der Waals surface area contributed by atoms with Gasteiger partial charge in [-0.05, 0) is 49.8 Å². The Morgan fingerprint density at radius 2 is 1.96 bits per heavy atom. The zero-order valence-electron chi connectivity index (χ0n) is 13.1. The highest BCUT2D eigenvalue weighted by Crippen LogP contribution is 2.19. The van der Waals surface area contributed by atoms with E-state index in [9.17, 15) is 9.18 Å². The molecule has 0 bridgehead atoms. The number of amides is 1. The van der Waals surface area contributed by atoms with Crippen LogP contribution < -0.4 is 15.4 Å². The van der Waals surface area contributed by atoms with Gasteiger partial charge in [-0.25, -0.2) is 4.39 Å². The van der Waals surface area contributed by atoms with Crippen molar-refractivity contribution in [1.82, 2.24) is 5.32 Å². The van der Waals surface area contributed by atoms with Crippen LogP contribution in [0.1, 0.15) is 18.4 Å². The summed E-state index contributed by atoms with van der Waals surface area (Å²) in [5.41, 5.74) is 1.59. The van der Waals surface area contributed by atoms with Crippen LogP contribution in [0.15, 0.2) is 48.5 Å². The van der Waals surface area contributed by atoms with E-state index in [1.807, 2.05) is 25.2 Å². The SMILES string of the molecule is CNCCCC(=O)Nc1cccc(OCc2ccc(F)cc2)c1. The van der Waals surface area contributed by atoms with Gasteiger partial charge < -0.3 is 15.4 Å². The fourth-order valence-electron chi connectivity index (χ4n) is 2.06. The van der Waals surface area contributed by atoms with E-state index in [-0.39, 0.29) is 11.7 Å². The van der Waals surface area contributed by atoms with E-state index in [0.717, 1.165) is 18.5 Å². The van der Waals surface area contributed by atoms with Crippen LogP contribution in [0, 0.1) is 5.82 Å². The second-order valence-corrected chi connectivity index (χ2v) is 5.20. The normalized spacial score (nSPS) is 10.3. The molecule has 0 heterocycles. The molecule has 0 saturated carbocycles. The molecule has 0 unspecified atom stereocenters. The first-order valence-corrected chi connectivity index (χ1v) is 7.59. The minimum atomic E-state index is -0.267. The van der Waals surface area contributed by atoms with Gasteiger partial charge in [0.25, 0.3) is 0 Å². The lowest BCUT2D eigenvalue weighted by Gasteiger charge is -2.09. The zero-order chi connectivity index (χ0) is 16.5. The number of nitrogens with one attached hydrogen (secondary N) is 2. The number of benzene rings is 2. The zero-order valence-corrected chi connectivity index (χ0v) is 13.1. The molecule has 23 heavy (non-hydrogen) atoms. The molecule has 0 atom stereocenters. The van der Waals surface area contributed by atoms with Gasteiger partial charge in [-0.2, -0.15) is 0 Å². The Bertz CT molecular complexity index is 629. The first kappa shape index (κ1) is 17.0. The maximum absolute atomic E-state index is 12.9. The van der Waals surface area contributed by atoms with Gasteiger partial charge in [0, 0.05) is 18.2 Å². The summed E-state index contributed by atoms with van der Waals surface area (Å²) in [6, 6.07) is 13.4. The molecule has 1 amide bonds. The van der Waals surface area contributed by atoms with Crippen molar-refractivity contribution in [3.05, 3.63) is 59.9 Å². The number of halogens is 1. The Labute approximate surface area is 135 Å². The predicted molar refractivity (Wildman–Crippen MR) is 89.0 cm³/mol. The van der Waals surface area contributed by atoms with Crippen LogP contribution in [0.25, 0.3) is 0 Å². The smallest absolute Gasteiger partial charge is 0.224 e. The van der Waals surface area contributed by atoms with Gasteiger partial charge in [-0.15, -0.1) is 0 Å². The third-order valence-corrected chi connectivity index (χ3v) is 3.27. The Hall–Kier alpha value is -2.40. The fourth-order valence-corrected chi connectivity index (χ4v) is 2.06. The van der Waals surface area contributed by atoms with E-state index in [1.54, 1.807) is 18.2 Å². The van der Waals surface area contributed by atoms with Crippen LogP contribution in [-0.4, -0.2) is 19.5 Å². The molecule has 0 saturated heterocycles. The van der Waals surface area contributed by atoms with Crippen molar-refractivity contribution in [3.63, 3.8) is 0 Å². The third-order valence-electron chi connectivity index (χ3n) is 3.27. The van der Waals surface area contributed by atoms with Gasteiger partial charge in [-0.1, -0.05) is 18.2 Å². The summed E-state index contributed by atoms with van der Waals surface area (Å²) in [4.78, 5) is 11.8. The lowest BCUT2D eigenvalue weighted by Crippen LogP contribution is -2.15. The number of rotatable bonds is 8. The van der Waals surface area contributed by atoms with E-state index in [4.69, 9.17) is 4.74 Å². The maximum Gasteiger partial charge on any atom is 0.224 e. The topological polar surface area (TPSA) is 50.4 Å². The van der Waals surface area contributed by atoms with Crippen molar-refractivity contribution in [1.29, 1.82) is 0 Å². The summed E-state index contributed by atoms with van der Waals surface area (Å²) in [5, 5.41) is 5.86. The van der Waals surface area contributed by atoms with Gasteiger partial charge in [-0.3, -0.25) is 4.79 Å². The van der Waals surface area contributed by atoms with Crippen molar-refractivity contribution in [2.75, 3.05) is 18.9 Å². The molecule has 2 aromatic carbocycles. The fraction of sp³-hybridized carbons (Fsp3) is 0.278. The molecule has 0 spiro atoms. The standard InChI is InChI=1S/C18H21FN2O2/c1-20-11-3-6-18(22)21-16-4-2-5-17(12-16)23-13-14-7-9-15(19)10-8-14/h2,4-5,7-10,12,20H,3,6,11,13H2,1H3,(H,21,22). The van der Waals surface area contributed by atoms with E-state index in [2.05, 4.69) is 10.6 Å². The molecule has 0 radical (unpaired) electrons. The van der Waals surface area contributed by atoms with Crippen LogP contribution in [0.4, 0.5) is 10.1 Å². The van der Waals surface area contributed by atoms with Crippen LogP contribution in [-0.2, 0) is 11.4 Å². The van der Waals surface area contributed by atoms with E-state index >= 15 is 0 Å². The highest BCUT2D eigenvalue weighted by molar-refractivity contribution is 5.90. The predicted octanol–water partition coefficient (Wildman–Crippen LogP) is 3.34. The van der Waals surface area contributed by atoms with Gasteiger partial charge in [0.15, 0.2) is 0 Å². The number of anilines is 1. The molecule has 5 heteroatoms. The molecule has 2 N–H and O–H groups in total. The summed E-state index contributed by atoms with van der Waals surface area (Å²) in [6.45, 7) is 1.16. The monoisotopic (exact) mass is 316 g/mol. The van der Waals surface area contributed by atoms with Crippen LogP contribution in [0.5, 0.6) is 5.75 Å². The highest BCUT2D eigenvalue weighted by atomic mass is 19.1. The lowest BCUT2D eigenvalue weighted by atomic mass is 10.2. The van der Waals surface area contributed by atoms with Crippen molar-refractivity contribution < 1.29 is 13.9 Å². The largest absolute Gasteiger partial charge is 0.489 e. The number of hydrogen-bond acceptors (Lipinski definition) is 3. The minimum absolute atomic E-state index is 0.0177. The Morgan fingerprint density at radius 1 is 1.17 bits per heavy atom. The van der Waals surface area contributed by atoms with Crippen LogP contribution in [0.2, 0.25) is 0 Å². The first-order chi connectivity index (χ1) is 11.2. The Morgan fingerprint density at radius 3 is 2.70 bits per heavy atom. The molecule has 0 aromatic heterocycles. The van der Waals surface area contributed by atoms with Crippen molar-refractivity contribution in [3.8, 4) is 5.75 Å². The highest BCUT2D eigenvalue weighted by Gasteiger charge is 2.03. The minimum Gasteiger partial charge on any atom is -0.489 e. The number of carbonyl (C=O) groups excluding carboxylic acids is 1. The summed E-state index contributed by atoms with van der Waals surface area (Å²) >= 11 is 0.